The van der Waals surface area contributed by atoms with Gasteiger partial charge in [0.05, 0.1) is 12.7 Å². The van der Waals surface area contributed by atoms with Gasteiger partial charge in [-0.05, 0) is 31.0 Å². The molecule has 0 fully saturated rings. The van der Waals surface area contributed by atoms with Crippen LogP contribution in [0.2, 0.25) is 0 Å². The van der Waals surface area contributed by atoms with Crippen molar-refractivity contribution in [3.05, 3.63) is 35.6 Å². The molecule has 0 aliphatic heterocycles. The fourth-order valence-corrected chi connectivity index (χ4v) is 1.71. The lowest BCUT2D eigenvalue weighted by atomic mass is 10.1. The van der Waals surface area contributed by atoms with E-state index < -0.39 is 6.10 Å². The fraction of sp³-hybridized carbons (Fsp3) is 0.600. The van der Waals surface area contributed by atoms with Crippen molar-refractivity contribution in [2.24, 2.45) is 0 Å². The molecule has 19 heavy (non-hydrogen) atoms. The Balaban J connectivity index is 2.22. The second-order valence-corrected chi connectivity index (χ2v) is 4.76. The maximum absolute atomic E-state index is 12.8. The Hall–Kier alpha value is -0.970. The van der Waals surface area contributed by atoms with E-state index >= 15 is 0 Å². The average Bonchev–Trinajstić information content (AvgIpc) is 2.42. The standard InChI is InChI=1S/C15H24FNO2/c1-3-4-9-19-11-15(18)10-17-12(2)13-5-7-14(16)8-6-13/h5-8,12,15,17-18H,3-4,9-11H2,1-2H3. The van der Waals surface area contributed by atoms with Crippen LogP contribution in [0, 0.1) is 5.82 Å². The smallest absolute Gasteiger partial charge is 0.123 e. The highest BCUT2D eigenvalue weighted by atomic mass is 19.1. The predicted octanol–water partition coefficient (Wildman–Crippen LogP) is 2.65. The van der Waals surface area contributed by atoms with Gasteiger partial charge in [0.1, 0.15) is 5.82 Å². The number of rotatable bonds is 9. The maximum Gasteiger partial charge on any atom is 0.123 e. The molecule has 1 aromatic rings. The average molecular weight is 269 g/mol. The van der Waals surface area contributed by atoms with E-state index in [1.807, 2.05) is 6.92 Å². The molecule has 0 aliphatic carbocycles. The number of nitrogens with one attached hydrogen (secondary N) is 1. The molecular formula is C15H24FNO2. The molecule has 108 valence electrons. The van der Waals surface area contributed by atoms with Crippen molar-refractivity contribution >= 4 is 0 Å². The van der Waals surface area contributed by atoms with Gasteiger partial charge in [0.2, 0.25) is 0 Å². The second kappa shape index (κ2) is 9.02. The molecule has 1 aromatic carbocycles. The third kappa shape index (κ3) is 6.66. The molecule has 4 heteroatoms. The van der Waals surface area contributed by atoms with Crippen LogP contribution in [0.25, 0.3) is 0 Å². The Labute approximate surface area is 114 Å². The number of aliphatic hydroxyl groups is 1. The van der Waals surface area contributed by atoms with Crippen LogP contribution in [0.1, 0.15) is 38.3 Å². The Morgan fingerprint density at radius 2 is 2.00 bits per heavy atom. The van der Waals surface area contributed by atoms with Gasteiger partial charge in [-0.1, -0.05) is 25.5 Å². The first-order valence-corrected chi connectivity index (χ1v) is 6.88. The van der Waals surface area contributed by atoms with Crippen molar-refractivity contribution in [2.75, 3.05) is 19.8 Å². The summed E-state index contributed by atoms with van der Waals surface area (Å²) >= 11 is 0. The number of ether oxygens (including phenoxy) is 1. The summed E-state index contributed by atoms with van der Waals surface area (Å²) < 4.78 is 18.1. The molecule has 0 bridgehead atoms. The highest BCUT2D eigenvalue weighted by Crippen LogP contribution is 2.12. The molecule has 1 rings (SSSR count). The number of aliphatic hydroxyl groups excluding tert-OH is 1. The Morgan fingerprint density at radius 1 is 1.32 bits per heavy atom. The van der Waals surface area contributed by atoms with E-state index in [4.69, 9.17) is 4.74 Å². The van der Waals surface area contributed by atoms with Gasteiger partial charge >= 0.3 is 0 Å². The van der Waals surface area contributed by atoms with Gasteiger partial charge in [0.15, 0.2) is 0 Å². The van der Waals surface area contributed by atoms with Crippen LogP contribution in [0.15, 0.2) is 24.3 Å². The molecule has 3 nitrogen and oxygen atoms in total. The number of benzene rings is 1. The minimum atomic E-state index is -0.514. The molecule has 0 spiro atoms. The first-order valence-electron chi connectivity index (χ1n) is 6.88. The van der Waals surface area contributed by atoms with Crippen LogP contribution < -0.4 is 5.32 Å². The zero-order chi connectivity index (χ0) is 14.1. The van der Waals surface area contributed by atoms with Crippen LogP contribution in [0.4, 0.5) is 4.39 Å². The molecule has 2 unspecified atom stereocenters. The summed E-state index contributed by atoms with van der Waals surface area (Å²) in [7, 11) is 0. The topological polar surface area (TPSA) is 41.5 Å². The van der Waals surface area contributed by atoms with Gasteiger partial charge < -0.3 is 15.2 Å². The summed E-state index contributed by atoms with van der Waals surface area (Å²) in [6.45, 7) is 5.60. The molecule has 0 aromatic heterocycles. The summed E-state index contributed by atoms with van der Waals surface area (Å²) in [6.07, 6.45) is 1.60. The fourth-order valence-electron chi connectivity index (χ4n) is 1.71. The summed E-state index contributed by atoms with van der Waals surface area (Å²) in [6, 6.07) is 6.45. The quantitative estimate of drug-likeness (QED) is 0.677. The SMILES string of the molecule is CCCCOCC(O)CNC(C)c1ccc(F)cc1. The van der Waals surface area contributed by atoms with Gasteiger partial charge in [-0.3, -0.25) is 0 Å². The molecular weight excluding hydrogens is 245 g/mol. The molecule has 0 saturated heterocycles. The van der Waals surface area contributed by atoms with Crippen LogP contribution in [-0.2, 0) is 4.74 Å². The highest BCUT2D eigenvalue weighted by molar-refractivity contribution is 5.19. The van der Waals surface area contributed by atoms with Crippen LogP contribution in [0.3, 0.4) is 0 Å². The Kier molecular flexibility index (Phi) is 7.63. The molecule has 0 aliphatic rings. The van der Waals surface area contributed by atoms with Crippen molar-refractivity contribution in [3.63, 3.8) is 0 Å². The summed E-state index contributed by atoms with van der Waals surface area (Å²) in [5, 5.41) is 12.9. The molecule has 0 radical (unpaired) electrons. The first kappa shape index (κ1) is 16.1. The molecule has 0 amide bonds. The first-order chi connectivity index (χ1) is 9.13. The molecule has 2 N–H and O–H groups in total. The van der Waals surface area contributed by atoms with Gasteiger partial charge in [-0.2, -0.15) is 0 Å². The van der Waals surface area contributed by atoms with Crippen molar-refractivity contribution in [1.82, 2.24) is 5.32 Å². The monoisotopic (exact) mass is 269 g/mol. The van der Waals surface area contributed by atoms with E-state index in [1.54, 1.807) is 12.1 Å². The lowest BCUT2D eigenvalue weighted by Gasteiger charge is -2.17. The Bertz CT molecular complexity index is 343. The largest absolute Gasteiger partial charge is 0.389 e. The highest BCUT2D eigenvalue weighted by Gasteiger charge is 2.09. The van der Waals surface area contributed by atoms with Gasteiger partial charge in [0.25, 0.3) is 0 Å². The van der Waals surface area contributed by atoms with Crippen molar-refractivity contribution in [1.29, 1.82) is 0 Å². The van der Waals surface area contributed by atoms with Crippen molar-refractivity contribution in [2.45, 2.75) is 38.8 Å². The van der Waals surface area contributed by atoms with E-state index in [0.29, 0.717) is 19.8 Å². The Morgan fingerprint density at radius 3 is 2.63 bits per heavy atom. The normalized spacial score (nSPS) is 14.3. The molecule has 0 saturated carbocycles. The number of unbranched alkanes of at least 4 members (excludes halogenated alkanes) is 1. The van der Waals surface area contributed by atoms with E-state index in [1.165, 1.54) is 12.1 Å². The van der Waals surface area contributed by atoms with Gasteiger partial charge in [-0.15, -0.1) is 0 Å². The third-order valence-corrected chi connectivity index (χ3v) is 2.98. The summed E-state index contributed by atoms with van der Waals surface area (Å²) in [5.41, 5.74) is 1.00. The van der Waals surface area contributed by atoms with Gasteiger partial charge in [0, 0.05) is 19.2 Å². The number of hydrogen-bond acceptors (Lipinski definition) is 3. The molecule has 0 heterocycles. The number of hydrogen-bond donors (Lipinski definition) is 2. The maximum atomic E-state index is 12.8. The van der Waals surface area contributed by atoms with Crippen LogP contribution in [0.5, 0.6) is 0 Å². The van der Waals surface area contributed by atoms with E-state index in [2.05, 4.69) is 12.2 Å². The number of halogens is 1. The van der Waals surface area contributed by atoms with Crippen LogP contribution in [-0.4, -0.2) is 31.0 Å². The van der Waals surface area contributed by atoms with Crippen molar-refractivity contribution in [3.8, 4) is 0 Å². The lowest BCUT2D eigenvalue weighted by Crippen LogP contribution is -2.32. The minimum absolute atomic E-state index is 0.0749. The second-order valence-electron chi connectivity index (χ2n) is 4.76. The third-order valence-electron chi connectivity index (χ3n) is 2.98. The summed E-state index contributed by atoms with van der Waals surface area (Å²) in [5.74, 6) is -0.236. The summed E-state index contributed by atoms with van der Waals surface area (Å²) in [4.78, 5) is 0. The zero-order valence-electron chi connectivity index (χ0n) is 11.7. The van der Waals surface area contributed by atoms with Crippen LogP contribution >= 0.6 is 0 Å². The zero-order valence-corrected chi connectivity index (χ0v) is 11.7. The predicted molar refractivity (Wildman–Crippen MR) is 74.6 cm³/mol. The van der Waals surface area contributed by atoms with E-state index in [0.717, 1.165) is 18.4 Å². The van der Waals surface area contributed by atoms with Gasteiger partial charge in [-0.25, -0.2) is 4.39 Å². The lowest BCUT2D eigenvalue weighted by molar-refractivity contribution is 0.0348. The minimum Gasteiger partial charge on any atom is -0.389 e. The molecule has 2 atom stereocenters. The van der Waals surface area contributed by atoms with Crippen molar-refractivity contribution < 1.29 is 14.2 Å². The van der Waals surface area contributed by atoms with E-state index in [-0.39, 0.29) is 11.9 Å². The van der Waals surface area contributed by atoms with E-state index in [9.17, 15) is 9.50 Å².